The zero-order chi connectivity index (χ0) is 17.3. The number of rotatable bonds is 7. The fourth-order valence-electron chi connectivity index (χ4n) is 1.74. The monoisotopic (exact) mass is 340 g/mol. The molecule has 0 saturated heterocycles. The SMILES string of the molecule is COc1ccc(CNC/C=C/CNC(=O)OC(C)(C)C)cc1Cl. The van der Waals surface area contributed by atoms with Crippen molar-refractivity contribution in [2.75, 3.05) is 20.2 Å². The fraction of sp³-hybridized carbons (Fsp3) is 0.471. The van der Waals surface area contributed by atoms with Crippen molar-refractivity contribution in [2.24, 2.45) is 0 Å². The maximum atomic E-state index is 11.4. The minimum absolute atomic E-state index is 0.414. The summed E-state index contributed by atoms with van der Waals surface area (Å²) in [6.07, 6.45) is 3.41. The van der Waals surface area contributed by atoms with Gasteiger partial charge in [-0.15, -0.1) is 0 Å². The quantitative estimate of drug-likeness (QED) is 0.589. The molecule has 0 saturated carbocycles. The molecule has 6 heteroatoms. The Balaban J connectivity index is 2.20. The Morgan fingerprint density at radius 3 is 2.57 bits per heavy atom. The van der Waals surface area contributed by atoms with Crippen molar-refractivity contribution in [1.29, 1.82) is 0 Å². The highest BCUT2D eigenvalue weighted by atomic mass is 35.5. The van der Waals surface area contributed by atoms with Gasteiger partial charge in [0.2, 0.25) is 0 Å². The van der Waals surface area contributed by atoms with Crippen molar-refractivity contribution in [3.05, 3.63) is 40.9 Å². The van der Waals surface area contributed by atoms with Crippen LogP contribution in [0.4, 0.5) is 4.79 Å². The number of carbonyl (C=O) groups is 1. The van der Waals surface area contributed by atoms with Crippen LogP contribution in [0.1, 0.15) is 26.3 Å². The van der Waals surface area contributed by atoms with Crippen LogP contribution in [-0.4, -0.2) is 31.9 Å². The summed E-state index contributed by atoms with van der Waals surface area (Å²) in [7, 11) is 1.59. The molecular formula is C17H25ClN2O3. The number of methoxy groups -OCH3 is 1. The Morgan fingerprint density at radius 1 is 1.26 bits per heavy atom. The lowest BCUT2D eigenvalue weighted by Crippen LogP contribution is -2.32. The third-order valence-electron chi connectivity index (χ3n) is 2.74. The predicted molar refractivity (Wildman–Crippen MR) is 93.1 cm³/mol. The molecule has 0 aromatic heterocycles. The number of carbonyl (C=O) groups excluding carboxylic acids is 1. The summed E-state index contributed by atoms with van der Waals surface area (Å²) in [4.78, 5) is 11.4. The number of hydrogen-bond acceptors (Lipinski definition) is 4. The lowest BCUT2D eigenvalue weighted by molar-refractivity contribution is 0.0534. The van der Waals surface area contributed by atoms with Crippen molar-refractivity contribution in [2.45, 2.75) is 32.9 Å². The van der Waals surface area contributed by atoms with Crippen molar-refractivity contribution in [3.63, 3.8) is 0 Å². The van der Waals surface area contributed by atoms with E-state index in [2.05, 4.69) is 10.6 Å². The average Bonchev–Trinajstić information content (AvgIpc) is 2.44. The van der Waals surface area contributed by atoms with E-state index < -0.39 is 11.7 Å². The van der Waals surface area contributed by atoms with E-state index in [1.807, 2.05) is 51.1 Å². The minimum Gasteiger partial charge on any atom is -0.495 e. The molecule has 1 aromatic carbocycles. The molecule has 1 aromatic rings. The first-order chi connectivity index (χ1) is 10.8. The first-order valence-corrected chi connectivity index (χ1v) is 7.84. The first-order valence-electron chi connectivity index (χ1n) is 7.47. The van der Waals surface area contributed by atoms with Crippen molar-refractivity contribution >= 4 is 17.7 Å². The summed E-state index contributed by atoms with van der Waals surface area (Å²) in [5.41, 5.74) is 0.603. The van der Waals surface area contributed by atoms with Gasteiger partial charge >= 0.3 is 6.09 Å². The molecule has 23 heavy (non-hydrogen) atoms. The van der Waals surface area contributed by atoms with Gasteiger partial charge in [0.15, 0.2) is 0 Å². The molecule has 0 spiro atoms. The number of benzene rings is 1. The highest BCUT2D eigenvalue weighted by Crippen LogP contribution is 2.24. The number of ether oxygens (including phenoxy) is 2. The molecule has 0 bridgehead atoms. The second kappa shape index (κ2) is 9.43. The predicted octanol–water partition coefficient (Wildman–Crippen LogP) is 3.52. The van der Waals surface area contributed by atoms with Crippen LogP contribution in [-0.2, 0) is 11.3 Å². The lowest BCUT2D eigenvalue weighted by Gasteiger charge is -2.19. The number of amides is 1. The molecule has 0 heterocycles. The molecule has 0 fully saturated rings. The molecule has 5 nitrogen and oxygen atoms in total. The van der Waals surface area contributed by atoms with E-state index in [1.165, 1.54) is 0 Å². The van der Waals surface area contributed by atoms with E-state index in [0.717, 1.165) is 5.56 Å². The summed E-state index contributed by atoms with van der Waals surface area (Å²) >= 11 is 6.07. The Hall–Kier alpha value is -1.72. The molecule has 0 atom stereocenters. The van der Waals surface area contributed by atoms with Crippen LogP contribution >= 0.6 is 11.6 Å². The number of alkyl carbamates (subject to hydrolysis) is 1. The number of halogens is 1. The highest BCUT2D eigenvalue weighted by molar-refractivity contribution is 6.32. The molecular weight excluding hydrogens is 316 g/mol. The molecule has 128 valence electrons. The fourth-order valence-corrected chi connectivity index (χ4v) is 2.02. The Bertz CT molecular complexity index is 539. The van der Waals surface area contributed by atoms with E-state index in [0.29, 0.717) is 30.4 Å². The molecule has 0 aliphatic heterocycles. The molecule has 0 aliphatic carbocycles. The Morgan fingerprint density at radius 2 is 1.96 bits per heavy atom. The maximum Gasteiger partial charge on any atom is 0.407 e. The maximum absolute atomic E-state index is 11.4. The van der Waals surface area contributed by atoms with E-state index in [1.54, 1.807) is 7.11 Å². The van der Waals surface area contributed by atoms with E-state index in [-0.39, 0.29) is 0 Å². The summed E-state index contributed by atoms with van der Waals surface area (Å²) in [5.74, 6) is 0.670. The molecule has 0 radical (unpaired) electrons. The second-order valence-corrected chi connectivity index (χ2v) is 6.36. The summed E-state index contributed by atoms with van der Waals surface area (Å²) in [5, 5.41) is 6.52. The van der Waals surface area contributed by atoms with Gasteiger partial charge in [0, 0.05) is 19.6 Å². The molecule has 1 rings (SSSR count). The molecule has 1 amide bonds. The van der Waals surface area contributed by atoms with Crippen molar-refractivity contribution < 1.29 is 14.3 Å². The van der Waals surface area contributed by atoms with Gasteiger partial charge in [0.05, 0.1) is 12.1 Å². The summed E-state index contributed by atoms with van der Waals surface area (Å²) in [6, 6.07) is 5.69. The van der Waals surface area contributed by atoms with Gasteiger partial charge in [-0.1, -0.05) is 29.8 Å². The number of nitrogens with one attached hydrogen (secondary N) is 2. The summed E-state index contributed by atoms with van der Waals surface area (Å²) < 4.78 is 10.2. The largest absolute Gasteiger partial charge is 0.495 e. The zero-order valence-electron chi connectivity index (χ0n) is 14.1. The molecule has 2 N–H and O–H groups in total. The standard InChI is InChI=1S/C17H25ClN2O3/c1-17(2,3)23-16(21)20-10-6-5-9-19-12-13-7-8-15(22-4)14(18)11-13/h5-8,11,19H,9-10,12H2,1-4H3,(H,20,21)/b6-5+. The van der Waals surface area contributed by atoms with Gasteiger partial charge in [-0.2, -0.15) is 0 Å². The van der Waals surface area contributed by atoms with E-state index >= 15 is 0 Å². The van der Waals surface area contributed by atoms with Gasteiger partial charge in [0.1, 0.15) is 11.4 Å². The first kappa shape index (κ1) is 19.3. The van der Waals surface area contributed by atoms with Crippen LogP contribution in [0, 0.1) is 0 Å². The van der Waals surface area contributed by atoms with Gasteiger partial charge in [-0.05, 0) is 38.5 Å². The minimum atomic E-state index is -0.477. The second-order valence-electron chi connectivity index (χ2n) is 5.95. The summed E-state index contributed by atoms with van der Waals surface area (Å²) in [6.45, 7) is 7.32. The van der Waals surface area contributed by atoms with Crippen LogP contribution in [0.3, 0.4) is 0 Å². The van der Waals surface area contributed by atoms with Gasteiger partial charge in [-0.3, -0.25) is 0 Å². The smallest absolute Gasteiger partial charge is 0.407 e. The molecule has 0 unspecified atom stereocenters. The van der Waals surface area contributed by atoms with Crippen molar-refractivity contribution in [3.8, 4) is 5.75 Å². The lowest BCUT2D eigenvalue weighted by atomic mass is 10.2. The Labute approximate surface area is 143 Å². The normalized spacial score (nSPS) is 11.5. The van der Waals surface area contributed by atoms with Crippen LogP contribution in [0.2, 0.25) is 5.02 Å². The van der Waals surface area contributed by atoms with Crippen LogP contribution in [0.5, 0.6) is 5.75 Å². The molecule has 0 aliphatic rings. The van der Waals surface area contributed by atoms with Crippen LogP contribution in [0.25, 0.3) is 0 Å². The van der Waals surface area contributed by atoms with E-state index in [9.17, 15) is 4.79 Å². The Kier molecular flexibility index (Phi) is 7.92. The average molecular weight is 341 g/mol. The topological polar surface area (TPSA) is 59.6 Å². The van der Waals surface area contributed by atoms with Crippen LogP contribution < -0.4 is 15.4 Å². The van der Waals surface area contributed by atoms with Gasteiger partial charge < -0.3 is 20.1 Å². The van der Waals surface area contributed by atoms with Crippen LogP contribution in [0.15, 0.2) is 30.4 Å². The highest BCUT2D eigenvalue weighted by Gasteiger charge is 2.14. The zero-order valence-corrected chi connectivity index (χ0v) is 14.9. The third kappa shape index (κ3) is 8.47. The number of hydrogen-bond donors (Lipinski definition) is 2. The third-order valence-corrected chi connectivity index (χ3v) is 3.03. The van der Waals surface area contributed by atoms with Gasteiger partial charge in [0.25, 0.3) is 0 Å². The van der Waals surface area contributed by atoms with Gasteiger partial charge in [-0.25, -0.2) is 4.79 Å². The van der Waals surface area contributed by atoms with E-state index in [4.69, 9.17) is 21.1 Å². The van der Waals surface area contributed by atoms with Crippen molar-refractivity contribution in [1.82, 2.24) is 10.6 Å².